The summed E-state index contributed by atoms with van der Waals surface area (Å²) in [4.78, 5) is 31.8. The van der Waals surface area contributed by atoms with Crippen LogP contribution in [0.15, 0.2) is 30.3 Å². The van der Waals surface area contributed by atoms with Crippen molar-refractivity contribution in [2.45, 2.75) is 5.59 Å². The molecular formula is C7H7Na3O7P2. The maximum absolute atomic E-state index is 11.1. The number of aliphatic hydroxyl groups excluding tert-OH is 1. The molecule has 19 heavy (non-hydrogen) atoms. The summed E-state index contributed by atoms with van der Waals surface area (Å²) in [7, 11) is -10.9. The van der Waals surface area contributed by atoms with Crippen LogP contribution in [-0.4, -0.2) is 10.7 Å². The molecule has 1 aromatic carbocycles. The average molecular weight is 334 g/mol. The van der Waals surface area contributed by atoms with Crippen molar-refractivity contribution in [1.82, 2.24) is 0 Å². The summed E-state index contributed by atoms with van der Waals surface area (Å²) in [6.07, 6.45) is 0. The van der Waals surface area contributed by atoms with Crippen molar-refractivity contribution in [3.05, 3.63) is 30.3 Å². The van der Waals surface area contributed by atoms with Crippen molar-refractivity contribution in [2.75, 3.05) is 0 Å². The topological polar surface area (TPSA) is 133 Å². The van der Waals surface area contributed by atoms with E-state index in [-0.39, 0.29) is 94.4 Å². The van der Waals surface area contributed by atoms with E-state index < -0.39 is 20.8 Å². The Kier molecular flexibility index (Phi) is 15.1. The van der Waals surface area contributed by atoms with E-state index in [0.717, 1.165) is 0 Å². The molecule has 0 fully saturated rings. The van der Waals surface area contributed by atoms with Crippen LogP contribution in [0, 0.1) is 0 Å². The van der Waals surface area contributed by atoms with Gasteiger partial charge in [0, 0.05) is 0 Å². The van der Waals surface area contributed by atoms with Gasteiger partial charge in [0.05, 0.1) is 0 Å². The van der Waals surface area contributed by atoms with Crippen LogP contribution in [0.25, 0.3) is 0 Å². The van der Waals surface area contributed by atoms with Gasteiger partial charge in [0.15, 0.2) is 5.59 Å². The molecule has 0 radical (unpaired) electrons. The fourth-order valence-corrected chi connectivity index (χ4v) is 2.89. The van der Waals surface area contributed by atoms with Crippen molar-refractivity contribution in [3.63, 3.8) is 0 Å². The molecule has 0 aromatic heterocycles. The second kappa shape index (κ2) is 10.9. The van der Waals surface area contributed by atoms with Crippen LogP contribution in [0.3, 0.4) is 0 Å². The smallest absolute Gasteiger partial charge is 0.809 e. The first-order valence-electron chi connectivity index (χ1n) is 3.98. The number of rotatable bonds is 4. The minimum atomic E-state index is -5.66. The molecule has 7 nitrogen and oxygen atoms in total. The van der Waals surface area contributed by atoms with E-state index in [1.165, 1.54) is 24.3 Å². The third kappa shape index (κ3) is 9.14. The first-order valence-corrected chi connectivity index (χ1v) is 7.21. The van der Waals surface area contributed by atoms with Gasteiger partial charge in [-0.25, -0.2) is 0 Å². The van der Waals surface area contributed by atoms with Gasteiger partial charge >= 0.3 is 88.7 Å². The third-order valence-corrected chi connectivity index (χ3v) is 4.84. The maximum Gasteiger partial charge on any atom is 1.00 e. The first kappa shape index (κ1) is 26.2. The van der Waals surface area contributed by atoms with Crippen molar-refractivity contribution in [2.24, 2.45) is 0 Å². The molecule has 12 heteroatoms. The van der Waals surface area contributed by atoms with Gasteiger partial charge in [-0.15, -0.1) is 0 Å². The van der Waals surface area contributed by atoms with Crippen molar-refractivity contribution in [1.29, 1.82) is 0 Å². The fraction of sp³-hybridized carbons (Fsp3) is 0.143. The van der Waals surface area contributed by atoms with Crippen LogP contribution in [0.4, 0.5) is 0 Å². The molecule has 2 unspecified atom stereocenters. The van der Waals surface area contributed by atoms with E-state index >= 15 is 0 Å². The quantitative estimate of drug-likeness (QED) is 0.427. The van der Waals surface area contributed by atoms with Gasteiger partial charge in [0.2, 0.25) is 7.60 Å². The largest absolute Gasteiger partial charge is 1.00 e. The van der Waals surface area contributed by atoms with Gasteiger partial charge in [-0.1, -0.05) is 18.2 Å². The molecule has 0 aliphatic carbocycles. The molecule has 0 amide bonds. The Bertz CT molecular complexity index is 451. The minimum Gasteiger partial charge on any atom is -0.809 e. The van der Waals surface area contributed by atoms with Crippen LogP contribution in [0.2, 0.25) is 0 Å². The molecule has 2 atom stereocenters. The van der Waals surface area contributed by atoms with Crippen LogP contribution < -0.4 is 108 Å². The Hall–Kier alpha value is 2.32. The van der Waals surface area contributed by atoms with E-state index in [9.17, 15) is 23.8 Å². The van der Waals surface area contributed by atoms with Gasteiger partial charge < -0.3 is 28.9 Å². The Morgan fingerprint density at radius 2 is 1.42 bits per heavy atom. The van der Waals surface area contributed by atoms with Crippen LogP contribution in [-0.2, 0) is 9.13 Å². The first-order chi connectivity index (χ1) is 7.23. The molecule has 0 aliphatic rings. The fourth-order valence-electron chi connectivity index (χ4n) is 0.849. The minimum absolute atomic E-state index is 0. The molecule has 0 saturated carbocycles. The zero-order valence-corrected chi connectivity index (χ0v) is 18.5. The zero-order valence-electron chi connectivity index (χ0n) is 10.8. The van der Waals surface area contributed by atoms with Gasteiger partial charge in [0.1, 0.15) is 5.75 Å². The summed E-state index contributed by atoms with van der Waals surface area (Å²) in [6, 6.07) is 6.92. The summed E-state index contributed by atoms with van der Waals surface area (Å²) in [5.41, 5.74) is -3.08. The van der Waals surface area contributed by atoms with Crippen LogP contribution >= 0.6 is 15.2 Å². The molecule has 0 heterocycles. The predicted octanol–water partition coefficient (Wildman–Crippen LogP) is -10.2. The van der Waals surface area contributed by atoms with Gasteiger partial charge in [0.25, 0.3) is 0 Å². The maximum atomic E-state index is 11.1. The monoisotopic (exact) mass is 334 g/mol. The van der Waals surface area contributed by atoms with Gasteiger partial charge in [-0.05, 0) is 19.7 Å². The van der Waals surface area contributed by atoms with E-state index in [2.05, 4.69) is 4.52 Å². The second-order valence-electron chi connectivity index (χ2n) is 2.83. The number of benzene rings is 1. The molecular weight excluding hydrogens is 327 g/mol. The molecule has 1 N–H and O–H groups in total. The van der Waals surface area contributed by atoms with E-state index in [1.807, 2.05) is 0 Å². The molecule has 90 valence electrons. The van der Waals surface area contributed by atoms with E-state index in [0.29, 0.717) is 0 Å². The van der Waals surface area contributed by atoms with Crippen LogP contribution in [0.1, 0.15) is 0 Å². The molecule has 0 bridgehead atoms. The summed E-state index contributed by atoms with van der Waals surface area (Å²) in [5.74, 6) is -0.187. The molecule has 0 aliphatic heterocycles. The summed E-state index contributed by atoms with van der Waals surface area (Å²) in [5, 5.41) is 8.79. The molecule has 1 aromatic rings. The third-order valence-electron chi connectivity index (χ3n) is 1.54. The standard InChI is InChI=1S/C7H10O7P2.3Na/c8-7(15(9,10)11)16(12,13)14-6-4-2-1-3-5-6;;;/h1-5,7-8H,(H,12,13)(H2,9,10,11);;;/q;3*+1/p-3. The predicted molar refractivity (Wildman–Crippen MR) is 48.3 cm³/mol. The van der Waals surface area contributed by atoms with Crippen molar-refractivity contribution >= 4 is 15.2 Å². The Labute approximate surface area is 176 Å². The van der Waals surface area contributed by atoms with E-state index in [1.54, 1.807) is 6.07 Å². The Morgan fingerprint density at radius 3 is 1.79 bits per heavy atom. The SMILES string of the molecule is O=P([O-])([O-])C(O)P(=O)([O-])Oc1ccccc1.[Na+].[Na+].[Na+]. The normalized spacial score (nSPS) is 14.7. The molecule has 0 saturated heterocycles. The average Bonchev–Trinajstić information content (AvgIpc) is 2.16. The Balaban J connectivity index is -0.000000853. The van der Waals surface area contributed by atoms with Crippen molar-refractivity contribution < 1.29 is 122 Å². The Morgan fingerprint density at radius 1 is 1.00 bits per heavy atom. The number of aliphatic hydroxyl groups is 1. The van der Waals surface area contributed by atoms with Crippen molar-refractivity contribution in [3.8, 4) is 5.75 Å². The number of hydrogen-bond acceptors (Lipinski definition) is 7. The number of hydrogen-bond donors (Lipinski definition) is 1. The van der Waals surface area contributed by atoms with Gasteiger partial charge in [-0.3, -0.25) is 4.57 Å². The summed E-state index contributed by atoms with van der Waals surface area (Å²) in [6.45, 7) is 0. The van der Waals surface area contributed by atoms with Crippen LogP contribution in [0.5, 0.6) is 5.75 Å². The van der Waals surface area contributed by atoms with Gasteiger partial charge in [-0.2, -0.15) is 0 Å². The molecule has 0 spiro atoms. The summed E-state index contributed by atoms with van der Waals surface area (Å²) < 4.78 is 25.7. The second-order valence-corrected chi connectivity index (χ2v) is 6.56. The zero-order chi connectivity index (χ0) is 12.4. The number of para-hydroxylation sites is 1. The summed E-state index contributed by atoms with van der Waals surface area (Å²) >= 11 is 0. The van der Waals surface area contributed by atoms with E-state index in [4.69, 9.17) is 5.11 Å². The molecule has 1 rings (SSSR count).